The lowest BCUT2D eigenvalue weighted by Gasteiger charge is -2.38. The average molecular weight is 552 g/mol. The number of rotatable bonds is 6. The predicted molar refractivity (Wildman–Crippen MR) is 156 cm³/mol. The zero-order valence-electron chi connectivity index (χ0n) is 24.0. The van der Waals surface area contributed by atoms with E-state index in [1.807, 2.05) is 25.3 Å². The van der Waals surface area contributed by atoms with Crippen LogP contribution in [0.3, 0.4) is 0 Å². The van der Waals surface area contributed by atoms with Gasteiger partial charge in [0, 0.05) is 36.5 Å². The second-order valence-corrected chi connectivity index (χ2v) is 12.0. The van der Waals surface area contributed by atoms with Crippen molar-refractivity contribution < 1.29 is 14.3 Å². The Kier molecular flexibility index (Phi) is 7.50. The van der Waals surface area contributed by atoms with Gasteiger partial charge < -0.3 is 19.7 Å². The summed E-state index contributed by atoms with van der Waals surface area (Å²) in [6, 6.07) is 18.4. The molecule has 0 bridgehead atoms. The molecule has 212 valence electrons. The van der Waals surface area contributed by atoms with Crippen LogP contribution < -0.4 is 10.2 Å². The van der Waals surface area contributed by atoms with Crippen molar-refractivity contribution in [2.24, 2.45) is 0 Å². The third kappa shape index (κ3) is 5.70. The molecule has 1 aromatic carbocycles. The number of aromatic nitrogens is 2. The summed E-state index contributed by atoms with van der Waals surface area (Å²) in [5.74, 6) is 1.77. The lowest BCUT2D eigenvalue weighted by molar-refractivity contribution is -0.00547. The summed E-state index contributed by atoms with van der Waals surface area (Å²) in [5, 5.41) is 12.7. The molecule has 1 amide bonds. The van der Waals surface area contributed by atoms with Gasteiger partial charge in [-0.1, -0.05) is 12.1 Å². The second-order valence-electron chi connectivity index (χ2n) is 12.0. The first kappa shape index (κ1) is 27.4. The first-order chi connectivity index (χ1) is 19.8. The Morgan fingerprint density at radius 1 is 1.12 bits per heavy atom. The van der Waals surface area contributed by atoms with Crippen LogP contribution in [0.2, 0.25) is 0 Å². The van der Waals surface area contributed by atoms with E-state index < -0.39 is 5.41 Å². The van der Waals surface area contributed by atoms with E-state index in [1.165, 1.54) is 5.56 Å². The van der Waals surface area contributed by atoms with Crippen LogP contribution in [-0.4, -0.2) is 47.8 Å². The van der Waals surface area contributed by atoms with Gasteiger partial charge in [0.05, 0.1) is 43.7 Å². The summed E-state index contributed by atoms with van der Waals surface area (Å²) in [4.78, 5) is 24.9. The van der Waals surface area contributed by atoms with Gasteiger partial charge in [0.15, 0.2) is 0 Å². The molecule has 2 aromatic heterocycles. The van der Waals surface area contributed by atoms with E-state index >= 15 is 0 Å². The molecule has 8 nitrogen and oxygen atoms in total. The Balaban J connectivity index is 1.06. The van der Waals surface area contributed by atoms with E-state index in [2.05, 4.69) is 65.4 Å². The Hall–Kier alpha value is -3.80. The quantitative estimate of drug-likeness (QED) is 0.461. The number of ether oxygens (including phenoxy) is 2. The highest BCUT2D eigenvalue weighted by molar-refractivity contribution is 5.94. The van der Waals surface area contributed by atoms with Crippen molar-refractivity contribution in [2.45, 2.75) is 76.2 Å². The minimum atomic E-state index is -0.753. The van der Waals surface area contributed by atoms with E-state index in [0.29, 0.717) is 37.2 Å². The molecule has 3 aromatic rings. The van der Waals surface area contributed by atoms with Gasteiger partial charge in [0.2, 0.25) is 0 Å². The fraction of sp³-hybridized carbons (Fsp3) is 0.455. The predicted octanol–water partition coefficient (Wildman–Crippen LogP) is 4.99. The molecular weight excluding hydrogens is 514 g/mol. The molecular formula is C33H37N5O3. The van der Waals surface area contributed by atoms with Crippen molar-refractivity contribution in [1.82, 2.24) is 15.3 Å². The Morgan fingerprint density at radius 3 is 2.71 bits per heavy atom. The highest BCUT2D eigenvalue weighted by Crippen LogP contribution is 2.47. The minimum absolute atomic E-state index is 0.175. The zero-order valence-corrected chi connectivity index (χ0v) is 24.0. The molecule has 1 aliphatic carbocycles. The maximum atomic E-state index is 13.0. The number of carbonyl (C=O) groups is 1. The topological polar surface area (TPSA) is 100 Å². The summed E-state index contributed by atoms with van der Waals surface area (Å²) in [7, 11) is 0. The van der Waals surface area contributed by atoms with Crippen LogP contribution in [0.15, 0.2) is 54.7 Å². The number of hydrogen-bond acceptors (Lipinski definition) is 7. The first-order valence-electron chi connectivity index (χ1n) is 14.5. The number of morpholine rings is 1. The van der Waals surface area contributed by atoms with Gasteiger partial charge in [0.25, 0.3) is 5.91 Å². The molecule has 41 heavy (non-hydrogen) atoms. The zero-order chi connectivity index (χ0) is 28.6. The smallest absolute Gasteiger partial charge is 0.251 e. The lowest BCUT2D eigenvalue weighted by Crippen LogP contribution is -2.45. The van der Waals surface area contributed by atoms with Gasteiger partial charge >= 0.3 is 0 Å². The molecule has 1 saturated carbocycles. The monoisotopic (exact) mass is 551 g/mol. The third-order valence-corrected chi connectivity index (χ3v) is 8.66. The Labute approximate surface area is 241 Å². The number of fused-ring (bicyclic) bond motifs is 1. The van der Waals surface area contributed by atoms with Crippen LogP contribution in [0, 0.1) is 11.3 Å². The summed E-state index contributed by atoms with van der Waals surface area (Å²) >= 11 is 0. The molecule has 4 heterocycles. The molecule has 2 aliphatic heterocycles. The van der Waals surface area contributed by atoms with Gasteiger partial charge in [-0.3, -0.25) is 9.78 Å². The van der Waals surface area contributed by atoms with Crippen molar-refractivity contribution in [3.63, 3.8) is 0 Å². The molecule has 2 fully saturated rings. The van der Waals surface area contributed by atoms with Crippen LogP contribution in [0.25, 0.3) is 0 Å². The van der Waals surface area contributed by atoms with Crippen molar-refractivity contribution >= 4 is 11.7 Å². The summed E-state index contributed by atoms with van der Waals surface area (Å²) in [6.45, 7) is 8.95. The summed E-state index contributed by atoms with van der Waals surface area (Å²) in [5.41, 5.74) is 4.87. The second kappa shape index (κ2) is 11.2. The number of benzene rings is 1. The largest absolute Gasteiger partial charge is 0.375 e. The summed E-state index contributed by atoms with van der Waals surface area (Å²) in [6.07, 6.45) is 4.35. The van der Waals surface area contributed by atoms with Gasteiger partial charge in [-0.05, 0) is 92.6 Å². The number of hydrogen-bond donors (Lipinski definition) is 1. The van der Waals surface area contributed by atoms with Crippen LogP contribution in [-0.2, 0) is 28.0 Å². The van der Waals surface area contributed by atoms with Gasteiger partial charge in [-0.25, -0.2) is 4.98 Å². The van der Waals surface area contributed by atoms with Crippen LogP contribution in [0.4, 0.5) is 5.82 Å². The van der Waals surface area contributed by atoms with E-state index in [1.54, 1.807) is 6.07 Å². The summed E-state index contributed by atoms with van der Waals surface area (Å²) < 4.78 is 11.5. The molecule has 0 spiro atoms. The van der Waals surface area contributed by atoms with E-state index in [4.69, 9.17) is 14.5 Å². The first-order valence-corrected chi connectivity index (χ1v) is 14.5. The number of carbonyl (C=O) groups excluding carboxylic acids is 1. The van der Waals surface area contributed by atoms with Crippen molar-refractivity contribution in [1.29, 1.82) is 5.26 Å². The molecule has 1 saturated heterocycles. The molecule has 3 aliphatic rings. The van der Waals surface area contributed by atoms with Crippen molar-refractivity contribution in [3.8, 4) is 6.07 Å². The van der Waals surface area contributed by atoms with E-state index in [0.717, 1.165) is 54.3 Å². The number of pyridine rings is 2. The molecule has 6 rings (SSSR count). The van der Waals surface area contributed by atoms with Crippen molar-refractivity contribution in [2.75, 3.05) is 24.6 Å². The fourth-order valence-corrected chi connectivity index (χ4v) is 6.35. The number of nitrogens with one attached hydrogen (secondary N) is 1. The Bertz CT molecular complexity index is 1470. The van der Waals surface area contributed by atoms with Gasteiger partial charge in [-0.2, -0.15) is 5.26 Å². The molecule has 0 radical (unpaired) electrons. The number of nitrogens with zero attached hydrogens (tertiary/aromatic N) is 4. The standard InChI is InChI=1S/C33H37N5O3/c1-21-16-38(17-22(2)41-21)31-6-4-5-30(37-31)27-11-26(12-27)23-9-10-35-28(13-23)15-36-32(39)24-7-8-25-18-40-20-33(3,19-34)29(25)14-24/h4-10,13-14,21-22,26-27H,11-12,15-18,20H2,1-3H3,(H,36,39)/t21-,22+,26-,27-,33-/m1/s1. The number of amides is 1. The van der Waals surface area contributed by atoms with Crippen molar-refractivity contribution in [3.05, 3.63) is 88.4 Å². The van der Waals surface area contributed by atoms with E-state index in [-0.39, 0.29) is 18.1 Å². The van der Waals surface area contributed by atoms with Gasteiger partial charge in [-0.15, -0.1) is 0 Å². The molecule has 1 N–H and O–H groups in total. The maximum Gasteiger partial charge on any atom is 0.251 e. The Morgan fingerprint density at radius 2 is 1.93 bits per heavy atom. The van der Waals surface area contributed by atoms with Crippen LogP contribution in [0.1, 0.15) is 83.9 Å². The third-order valence-electron chi connectivity index (χ3n) is 8.66. The normalized spacial score (nSPS) is 27.3. The van der Waals surface area contributed by atoms with Crippen LogP contribution in [0.5, 0.6) is 0 Å². The average Bonchev–Trinajstić information content (AvgIpc) is 2.95. The minimum Gasteiger partial charge on any atom is -0.375 e. The number of nitriles is 1. The fourth-order valence-electron chi connectivity index (χ4n) is 6.35. The van der Waals surface area contributed by atoms with E-state index in [9.17, 15) is 10.1 Å². The highest BCUT2D eigenvalue weighted by atomic mass is 16.5. The highest BCUT2D eigenvalue weighted by Gasteiger charge is 2.34. The lowest BCUT2D eigenvalue weighted by atomic mass is 9.70. The number of anilines is 1. The van der Waals surface area contributed by atoms with Gasteiger partial charge in [0.1, 0.15) is 11.2 Å². The maximum absolute atomic E-state index is 13.0. The molecule has 3 atom stereocenters. The SMILES string of the molecule is C[C@@H]1CN(c2cccc([C@H]3C[C@H](c4ccnc(CNC(=O)c5ccc6c(c5)[C@](C)(C#N)COC6)c4)C3)n2)C[C@H](C)O1. The molecule has 8 heteroatoms. The molecule has 0 unspecified atom stereocenters. The van der Waals surface area contributed by atoms with Crippen LogP contribution >= 0.6 is 0 Å².